The van der Waals surface area contributed by atoms with Crippen LogP contribution in [0.1, 0.15) is 12.8 Å². The first kappa shape index (κ1) is 18.4. The number of rotatable bonds is 5. The third-order valence-electron chi connectivity index (χ3n) is 4.87. The summed E-state index contributed by atoms with van der Waals surface area (Å²) in [7, 11) is 1.71. The fourth-order valence-electron chi connectivity index (χ4n) is 3.26. The fraction of sp³-hybridized carbons (Fsp3) is 0.368. The van der Waals surface area contributed by atoms with Crippen molar-refractivity contribution in [2.75, 3.05) is 19.7 Å². The highest BCUT2D eigenvalue weighted by molar-refractivity contribution is 5.65. The van der Waals surface area contributed by atoms with Crippen LogP contribution in [0.2, 0.25) is 0 Å². The van der Waals surface area contributed by atoms with E-state index in [0.717, 1.165) is 25.9 Å². The number of halogens is 2. The van der Waals surface area contributed by atoms with Crippen molar-refractivity contribution < 1.29 is 13.5 Å². The van der Waals surface area contributed by atoms with E-state index in [-0.39, 0.29) is 5.75 Å². The third kappa shape index (κ3) is 3.84. The lowest BCUT2D eigenvalue weighted by Gasteiger charge is -2.23. The summed E-state index contributed by atoms with van der Waals surface area (Å²) >= 11 is 0. The number of aryl methyl sites for hydroxylation is 1. The summed E-state index contributed by atoms with van der Waals surface area (Å²) in [5.74, 6) is -0.940. The molecule has 1 aliphatic rings. The van der Waals surface area contributed by atoms with E-state index in [9.17, 15) is 8.78 Å². The Morgan fingerprint density at radius 3 is 2.50 bits per heavy atom. The van der Waals surface area contributed by atoms with Gasteiger partial charge in [-0.15, -0.1) is 5.10 Å². The Bertz CT molecular complexity index is 930. The number of pyridine rings is 1. The number of tetrazole rings is 1. The highest BCUT2D eigenvalue weighted by Gasteiger charge is 2.18. The quantitative estimate of drug-likeness (QED) is 0.726. The Hall–Kier alpha value is -2.94. The molecule has 0 unspecified atom stereocenters. The van der Waals surface area contributed by atoms with E-state index in [2.05, 4.69) is 25.8 Å². The van der Waals surface area contributed by atoms with Crippen LogP contribution in [0.5, 0.6) is 5.75 Å². The molecule has 1 fully saturated rings. The summed E-state index contributed by atoms with van der Waals surface area (Å²) in [5, 5.41) is 14.5. The molecule has 4 rings (SSSR count). The number of nitrogens with one attached hydrogen (secondary N) is 1. The van der Waals surface area contributed by atoms with E-state index in [1.54, 1.807) is 19.2 Å². The van der Waals surface area contributed by atoms with Gasteiger partial charge in [0.15, 0.2) is 23.2 Å². The van der Waals surface area contributed by atoms with Crippen LogP contribution in [0.4, 0.5) is 8.78 Å². The molecule has 0 bridgehead atoms. The maximum Gasteiger partial charge on any atom is 0.200 e. The molecule has 3 heterocycles. The molecule has 1 aromatic carbocycles. The summed E-state index contributed by atoms with van der Waals surface area (Å²) in [4.78, 5) is 4.29. The molecule has 0 saturated carbocycles. The number of benzene rings is 1. The van der Waals surface area contributed by atoms with E-state index >= 15 is 0 Å². The lowest BCUT2D eigenvalue weighted by Crippen LogP contribution is -2.30. The number of hydrogen-bond acceptors (Lipinski definition) is 6. The number of ether oxygens (including phenoxy) is 1. The van der Waals surface area contributed by atoms with Crippen LogP contribution in [0.25, 0.3) is 22.6 Å². The lowest BCUT2D eigenvalue weighted by atomic mass is 9.99. The van der Waals surface area contributed by atoms with Crippen molar-refractivity contribution in [3.63, 3.8) is 0 Å². The Morgan fingerprint density at radius 1 is 1.14 bits per heavy atom. The van der Waals surface area contributed by atoms with Crippen molar-refractivity contribution in [3.05, 3.63) is 42.1 Å². The molecule has 1 N–H and O–H groups in total. The Balaban J connectivity index is 1.51. The molecule has 0 radical (unpaired) electrons. The monoisotopic (exact) mass is 386 g/mol. The summed E-state index contributed by atoms with van der Waals surface area (Å²) in [6.07, 6.45) is 3.43. The lowest BCUT2D eigenvalue weighted by molar-refractivity contribution is 0.201. The van der Waals surface area contributed by atoms with Crippen LogP contribution < -0.4 is 10.1 Å². The van der Waals surface area contributed by atoms with Crippen molar-refractivity contribution in [2.45, 2.75) is 12.8 Å². The minimum atomic E-state index is -0.717. The van der Waals surface area contributed by atoms with Crippen molar-refractivity contribution in [3.8, 4) is 28.4 Å². The van der Waals surface area contributed by atoms with Gasteiger partial charge >= 0.3 is 0 Å². The topological polar surface area (TPSA) is 77.8 Å². The van der Waals surface area contributed by atoms with Crippen LogP contribution in [-0.2, 0) is 7.05 Å². The Morgan fingerprint density at radius 2 is 1.89 bits per heavy atom. The van der Waals surface area contributed by atoms with Crippen molar-refractivity contribution in [1.82, 2.24) is 30.5 Å². The molecule has 0 amide bonds. The zero-order valence-corrected chi connectivity index (χ0v) is 15.4. The normalized spacial score (nSPS) is 15.0. The van der Waals surface area contributed by atoms with Gasteiger partial charge in [0.1, 0.15) is 5.69 Å². The van der Waals surface area contributed by atoms with Gasteiger partial charge in [-0.3, -0.25) is 4.98 Å². The predicted molar refractivity (Wildman–Crippen MR) is 98.5 cm³/mol. The van der Waals surface area contributed by atoms with Gasteiger partial charge in [-0.2, -0.15) is 0 Å². The van der Waals surface area contributed by atoms with Crippen LogP contribution in [0.3, 0.4) is 0 Å². The molecule has 9 heteroatoms. The molecule has 2 aromatic heterocycles. The number of nitrogens with zero attached hydrogens (tertiary/aromatic N) is 5. The van der Waals surface area contributed by atoms with Crippen LogP contribution in [0, 0.1) is 17.6 Å². The summed E-state index contributed by atoms with van der Waals surface area (Å²) < 4.78 is 35.9. The molecule has 1 aliphatic heterocycles. The molecule has 146 valence electrons. The van der Waals surface area contributed by atoms with Crippen molar-refractivity contribution in [2.24, 2.45) is 13.0 Å². The SMILES string of the molecule is Cn1nnnc1-c1ccc(-c2cc(F)c(OCC3CCNCC3)c(F)c2)cn1. The van der Waals surface area contributed by atoms with Gasteiger partial charge in [-0.05, 0) is 66.0 Å². The predicted octanol–water partition coefficient (Wildman–Crippen LogP) is 2.60. The number of piperidine rings is 1. The molecule has 0 spiro atoms. The summed E-state index contributed by atoms with van der Waals surface area (Å²) in [6.45, 7) is 2.13. The van der Waals surface area contributed by atoms with Gasteiger partial charge in [0.05, 0.1) is 6.61 Å². The largest absolute Gasteiger partial charge is 0.487 e. The van der Waals surface area contributed by atoms with Crippen LogP contribution >= 0.6 is 0 Å². The minimum absolute atomic E-state index is 0.312. The molecular weight excluding hydrogens is 366 g/mol. The van der Waals surface area contributed by atoms with Gasteiger partial charge in [0, 0.05) is 18.8 Å². The molecule has 7 nitrogen and oxygen atoms in total. The van der Waals surface area contributed by atoms with E-state index in [1.165, 1.54) is 23.0 Å². The van der Waals surface area contributed by atoms with Crippen molar-refractivity contribution >= 4 is 0 Å². The summed E-state index contributed by atoms with van der Waals surface area (Å²) in [5.41, 5.74) is 1.54. The first-order valence-corrected chi connectivity index (χ1v) is 9.13. The van der Waals surface area contributed by atoms with E-state index in [4.69, 9.17) is 4.74 Å². The zero-order valence-electron chi connectivity index (χ0n) is 15.4. The smallest absolute Gasteiger partial charge is 0.200 e. The average Bonchev–Trinajstić information content (AvgIpc) is 3.14. The first-order chi connectivity index (χ1) is 13.6. The molecule has 3 aromatic rings. The van der Waals surface area contributed by atoms with E-state index in [0.29, 0.717) is 35.2 Å². The third-order valence-corrected chi connectivity index (χ3v) is 4.87. The number of hydrogen-bond donors (Lipinski definition) is 1. The van der Waals surface area contributed by atoms with Gasteiger partial charge < -0.3 is 10.1 Å². The highest BCUT2D eigenvalue weighted by Crippen LogP contribution is 2.30. The highest BCUT2D eigenvalue weighted by atomic mass is 19.1. The fourth-order valence-corrected chi connectivity index (χ4v) is 3.26. The standard InChI is InChI=1S/C19H20F2N6O/c1-27-19(24-25-26-27)17-3-2-13(10-23-17)14-8-15(20)18(16(21)9-14)28-11-12-4-6-22-7-5-12/h2-3,8-10,12,22H,4-7,11H2,1H3. The molecule has 0 aliphatic carbocycles. The van der Waals surface area contributed by atoms with Crippen molar-refractivity contribution in [1.29, 1.82) is 0 Å². The molecule has 28 heavy (non-hydrogen) atoms. The van der Waals surface area contributed by atoms with Crippen LogP contribution in [0.15, 0.2) is 30.5 Å². The van der Waals surface area contributed by atoms with Gasteiger partial charge in [-0.1, -0.05) is 6.07 Å². The second-order valence-electron chi connectivity index (χ2n) is 6.83. The zero-order chi connectivity index (χ0) is 19.5. The maximum absolute atomic E-state index is 14.5. The maximum atomic E-state index is 14.5. The number of aromatic nitrogens is 5. The second-order valence-corrected chi connectivity index (χ2v) is 6.83. The minimum Gasteiger partial charge on any atom is -0.487 e. The molecule has 0 atom stereocenters. The van der Waals surface area contributed by atoms with Gasteiger partial charge in [0.25, 0.3) is 0 Å². The van der Waals surface area contributed by atoms with Gasteiger partial charge in [-0.25, -0.2) is 13.5 Å². The Kier molecular flexibility index (Phi) is 5.25. The molecule has 1 saturated heterocycles. The van der Waals surface area contributed by atoms with Gasteiger partial charge in [0.2, 0.25) is 0 Å². The van der Waals surface area contributed by atoms with E-state index < -0.39 is 11.6 Å². The first-order valence-electron chi connectivity index (χ1n) is 9.13. The summed E-state index contributed by atoms with van der Waals surface area (Å²) in [6, 6.07) is 5.96. The molecular formula is C19H20F2N6O. The van der Waals surface area contributed by atoms with Crippen LogP contribution in [-0.4, -0.2) is 44.9 Å². The Labute approximate surface area is 160 Å². The average molecular weight is 386 g/mol. The van der Waals surface area contributed by atoms with E-state index in [1.807, 2.05) is 0 Å². The second kappa shape index (κ2) is 7.97.